The average molecular weight is 160 g/mol. The molecule has 0 amide bonds. The van der Waals surface area contributed by atoms with Crippen molar-refractivity contribution < 1.29 is 0 Å². The number of aromatic nitrogens is 1. The topological polar surface area (TPSA) is 12.9 Å². The monoisotopic (exact) mass is 160 g/mol. The predicted molar refractivity (Wildman–Crippen MR) is 46.4 cm³/mol. The first kappa shape index (κ1) is 6.55. The first-order valence-electron chi connectivity index (χ1n) is 3.31. The Balaban J connectivity index is 2.46. The summed E-state index contributed by atoms with van der Waals surface area (Å²) in [5.41, 5.74) is 2.17. The summed E-state index contributed by atoms with van der Waals surface area (Å²) in [6, 6.07) is 8.74. The van der Waals surface area contributed by atoms with Gasteiger partial charge in [0.15, 0.2) is 0 Å². The van der Waals surface area contributed by atoms with E-state index in [-0.39, 0.29) is 0 Å². The second-order valence-electron chi connectivity index (χ2n) is 2.15. The maximum absolute atomic E-state index is 4.20. The molecule has 53 valence electrons. The molecule has 1 nitrogen and oxygen atoms in total. The van der Waals surface area contributed by atoms with E-state index >= 15 is 0 Å². The maximum atomic E-state index is 4.20. The molecule has 11 heavy (non-hydrogen) atoms. The van der Waals surface area contributed by atoms with Gasteiger partial charge in [0, 0.05) is 17.1 Å². The number of hydrogen-bond acceptors (Lipinski definition) is 2. The largest absolute Gasteiger partial charge is 0.256 e. The Morgan fingerprint density at radius 3 is 3.09 bits per heavy atom. The Labute approximate surface area is 69.3 Å². The molecule has 0 saturated heterocycles. The third kappa shape index (κ3) is 1.30. The van der Waals surface area contributed by atoms with Crippen LogP contribution in [0.25, 0.3) is 11.3 Å². The van der Waals surface area contributed by atoms with Crippen LogP contribution in [0, 0.1) is 6.07 Å². The average Bonchev–Trinajstić information content (AvgIpc) is 2.58. The first-order chi connectivity index (χ1) is 5.47. The maximum Gasteiger partial charge on any atom is 0.0716 e. The van der Waals surface area contributed by atoms with E-state index in [1.54, 1.807) is 23.6 Å². The van der Waals surface area contributed by atoms with E-state index in [0.29, 0.717) is 0 Å². The Morgan fingerprint density at radius 1 is 1.45 bits per heavy atom. The molecular weight excluding hydrogens is 154 g/mol. The van der Waals surface area contributed by atoms with E-state index in [1.807, 2.05) is 11.4 Å². The minimum Gasteiger partial charge on any atom is -0.256 e. The van der Waals surface area contributed by atoms with Crippen molar-refractivity contribution in [2.45, 2.75) is 0 Å². The smallest absolute Gasteiger partial charge is 0.0716 e. The molecule has 0 aliphatic rings. The fourth-order valence-corrected chi connectivity index (χ4v) is 1.54. The highest BCUT2D eigenvalue weighted by Gasteiger charge is 1.95. The molecule has 0 spiro atoms. The van der Waals surface area contributed by atoms with Gasteiger partial charge in [-0.15, -0.1) is 0 Å². The summed E-state index contributed by atoms with van der Waals surface area (Å²) in [5.74, 6) is 0. The molecule has 2 rings (SSSR count). The molecule has 0 bridgehead atoms. The van der Waals surface area contributed by atoms with Crippen molar-refractivity contribution in [3.63, 3.8) is 0 Å². The number of pyridine rings is 1. The highest BCUT2D eigenvalue weighted by Crippen LogP contribution is 2.18. The van der Waals surface area contributed by atoms with Crippen molar-refractivity contribution in [2.24, 2.45) is 0 Å². The van der Waals surface area contributed by atoms with Gasteiger partial charge >= 0.3 is 0 Å². The lowest BCUT2D eigenvalue weighted by Gasteiger charge is -1.92. The second kappa shape index (κ2) is 2.84. The van der Waals surface area contributed by atoms with Crippen molar-refractivity contribution in [2.75, 3.05) is 0 Å². The molecule has 0 N–H and O–H groups in total. The number of rotatable bonds is 1. The number of hydrogen-bond donors (Lipinski definition) is 0. The lowest BCUT2D eigenvalue weighted by atomic mass is 10.2. The van der Waals surface area contributed by atoms with E-state index < -0.39 is 0 Å². The predicted octanol–water partition coefficient (Wildman–Crippen LogP) is 2.61. The lowest BCUT2D eigenvalue weighted by Crippen LogP contribution is -1.76. The molecule has 0 aliphatic carbocycles. The van der Waals surface area contributed by atoms with E-state index in [2.05, 4.69) is 22.5 Å². The van der Waals surface area contributed by atoms with Gasteiger partial charge in [-0.05, 0) is 29.6 Å². The quantitative estimate of drug-likeness (QED) is 0.625. The van der Waals surface area contributed by atoms with Gasteiger partial charge < -0.3 is 0 Å². The third-order valence-corrected chi connectivity index (χ3v) is 2.10. The fraction of sp³-hybridized carbons (Fsp3) is 0. The van der Waals surface area contributed by atoms with Gasteiger partial charge in [-0.25, -0.2) is 0 Å². The molecular formula is C9H6NS. The number of thiophene rings is 1. The van der Waals surface area contributed by atoms with Crippen molar-refractivity contribution >= 4 is 11.3 Å². The summed E-state index contributed by atoms with van der Waals surface area (Å²) in [6.45, 7) is 0. The van der Waals surface area contributed by atoms with Gasteiger partial charge in [-0.1, -0.05) is 0 Å². The second-order valence-corrected chi connectivity index (χ2v) is 2.93. The lowest BCUT2D eigenvalue weighted by molar-refractivity contribution is 1.33. The van der Waals surface area contributed by atoms with Gasteiger partial charge in [0.1, 0.15) is 0 Å². The Morgan fingerprint density at radius 2 is 2.45 bits per heavy atom. The SMILES string of the molecule is [c]1ccnc(-c2ccsc2)c1. The Hall–Kier alpha value is -1.15. The highest BCUT2D eigenvalue weighted by molar-refractivity contribution is 7.08. The summed E-state index contributed by atoms with van der Waals surface area (Å²) in [7, 11) is 0. The van der Waals surface area contributed by atoms with Crippen LogP contribution in [-0.4, -0.2) is 4.98 Å². The van der Waals surface area contributed by atoms with E-state index in [4.69, 9.17) is 0 Å². The summed E-state index contributed by atoms with van der Waals surface area (Å²) in [4.78, 5) is 4.20. The Kier molecular flexibility index (Phi) is 1.69. The summed E-state index contributed by atoms with van der Waals surface area (Å²) < 4.78 is 0. The molecule has 2 heterocycles. The van der Waals surface area contributed by atoms with Gasteiger partial charge in [0.2, 0.25) is 0 Å². The molecule has 2 heteroatoms. The molecule has 1 radical (unpaired) electrons. The normalized spacial score (nSPS) is 9.82. The van der Waals surface area contributed by atoms with Crippen LogP contribution in [0.5, 0.6) is 0 Å². The van der Waals surface area contributed by atoms with Crippen molar-refractivity contribution in [3.8, 4) is 11.3 Å². The van der Waals surface area contributed by atoms with Gasteiger partial charge in [0.05, 0.1) is 5.69 Å². The van der Waals surface area contributed by atoms with Crippen LogP contribution in [0.4, 0.5) is 0 Å². The molecule has 0 atom stereocenters. The first-order valence-corrected chi connectivity index (χ1v) is 4.26. The fourth-order valence-electron chi connectivity index (χ4n) is 0.893. The van der Waals surface area contributed by atoms with Crippen LogP contribution >= 0.6 is 11.3 Å². The van der Waals surface area contributed by atoms with Crippen LogP contribution in [0.2, 0.25) is 0 Å². The summed E-state index contributed by atoms with van der Waals surface area (Å²) in [5, 5.41) is 4.13. The zero-order valence-corrected chi connectivity index (χ0v) is 6.64. The van der Waals surface area contributed by atoms with Gasteiger partial charge in [-0.3, -0.25) is 4.98 Å². The standard InChI is InChI=1S/C9H6NS/c1-2-5-10-9(3-1)8-4-6-11-7-8/h2-7H. The van der Waals surface area contributed by atoms with Crippen LogP contribution in [-0.2, 0) is 0 Å². The van der Waals surface area contributed by atoms with Crippen LogP contribution < -0.4 is 0 Å². The third-order valence-electron chi connectivity index (χ3n) is 1.42. The molecule has 2 aromatic heterocycles. The van der Waals surface area contributed by atoms with Gasteiger partial charge in [-0.2, -0.15) is 11.3 Å². The molecule has 0 aromatic carbocycles. The van der Waals surface area contributed by atoms with Crippen LogP contribution in [0.1, 0.15) is 0 Å². The zero-order chi connectivity index (χ0) is 7.52. The summed E-state index contributed by atoms with van der Waals surface area (Å²) in [6.07, 6.45) is 1.76. The molecule has 2 aromatic rings. The van der Waals surface area contributed by atoms with Gasteiger partial charge in [0.25, 0.3) is 0 Å². The zero-order valence-electron chi connectivity index (χ0n) is 5.82. The number of nitrogens with zero attached hydrogens (tertiary/aromatic N) is 1. The van der Waals surface area contributed by atoms with Crippen molar-refractivity contribution in [1.82, 2.24) is 4.98 Å². The molecule has 0 saturated carbocycles. The summed E-state index contributed by atoms with van der Waals surface area (Å²) >= 11 is 1.68. The molecule has 0 aliphatic heterocycles. The highest BCUT2D eigenvalue weighted by atomic mass is 32.1. The van der Waals surface area contributed by atoms with E-state index in [1.165, 1.54) is 5.56 Å². The minimum absolute atomic E-state index is 0.994. The van der Waals surface area contributed by atoms with Crippen LogP contribution in [0.15, 0.2) is 35.2 Å². The Bertz CT molecular complexity index is 313. The van der Waals surface area contributed by atoms with Crippen LogP contribution in [0.3, 0.4) is 0 Å². The molecule has 0 fully saturated rings. The van der Waals surface area contributed by atoms with E-state index in [0.717, 1.165) is 5.69 Å². The van der Waals surface area contributed by atoms with Crippen molar-refractivity contribution in [1.29, 1.82) is 0 Å². The van der Waals surface area contributed by atoms with Crippen molar-refractivity contribution in [3.05, 3.63) is 41.2 Å². The molecule has 0 unspecified atom stereocenters. The van der Waals surface area contributed by atoms with E-state index in [9.17, 15) is 0 Å². The minimum atomic E-state index is 0.994.